The Morgan fingerprint density at radius 1 is 1.35 bits per heavy atom. The Balaban J connectivity index is 1.81. The fraction of sp³-hybridized carbons (Fsp3) is 0.562. The number of hydrogen-bond donors (Lipinski definition) is 1. The second-order valence-electron chi connectivity index (χ2n) is 5.40. The van der Waals surface area contributed by atoms with Crippen molar-refractivity contribution in [2.45, 2.75) is 31.8 Å². The summed E-state index contributed by atoms with van der Waals surface area (Å²) in [4.78, 5) is 14.1. The van der Waals surface area contributed by atoms with Crippen molar-refractivity contribution in [3.63, 3.8) is 0 Å². The number of piperidine rings is 1. The highest BCUT2D eigenvalue weighted by Gasteiger charge is 2.24. The zero-order chi connectivity index (χ0) is 14.4. The first kappa shape index (κ1) is 15.4. The summed E-state index contributed by atoms with van der Waals surface area (Å²) in [7, 11) is 0. The van der Waals surface area contributed by atoms with Gasteiger partial charge in [-0.1, -0.05) is 30.3 Å². The van der Waals surface area contributed by atoms with Gasteiger partial charge in [-0.3, -0.25) is 9.69 Å². The third-order valence-electron chi connectivity index (χ3n) is 4.00. The highest BCUT2D eigenvalue weighted by molar-refractivity contribution is 7.99. The summed E-state index contributed by atoms with van der Waals surface area (Å²) in [6.45, 7) is 4.38. The van der Waals surface area contributed by atoms with Gasteiger partial charge < -0.3 is 5.32 Å². The lowest BCUT2D eigenvalue weighted by molar-refractivity contribution is -0.119. The molecule has 1 aromatic rings. The van der Waals surface area contributed by atoms with Crippen LogP contribution in [0.1, 0.15) is 31.4 Å². The first-order chi connectivity index (χ1) is 9.70. The summed E-state index contributed by atoms with van der Waals surface area (Å²) in [5, 5.41) is 3.13. The fourth-order valence-electron chi connectivity index (χ4n) is 2.77. The van der Waals surface area contributed by atoms with Gasteiger partial charge in [-0.25, -0.2) is 0 Å². The van der Waals surface area contributed by atoms with E-state index in [2.05, 4.69) is 47.5 Å². The Labute approximate surface area is 126 Å². The molecule has 1 fully saturated rings. The largest absolute Gasteiger partial charge is 0.353 e. The van der Waals surface area contributed by atoms with Gasteiger partial charge in [0.1, 0.15) is 0 Å². The Bertz CT molecular complexity index is 416. The van der Waals surface area contributed by atoms with Crippen LogP contribution >= 0.6 is 11.8 Å². The van der Waals surface area contributed by atoms with E-state index < -0.39 is 0 Å². The van der Waals surface area contributed by atoms with E-state index in [0.717, 1.165) is 25.9 Å². The molecule has 0 radical (unpaired) electrons. The number of likely N-dealkylation sites (tertiary alicyclic amines) is 1. The Kier molecular flexibility index (Phi) is 5.92. The first-order valence-electron chi connectivity index (χ1n) is 7.28. The van der Waals surface area contributed by atoms with Gasteiger partial charge in [0.15, 0.2) is 0 Å². The lowest BCUT2D eigenvalue weighted by atomic mass is 10.0. The van der Waals surface area contributed by atoms with E-state index in [-0.39, 0.29) is 5.91 Å². The molecule has 1 aliphatic rings. The van der Waals surface area contributed by atoms with Crippen molar-refractivity contribution in [2.75, 3.05) is 25.1 Å². The van der Waals surface area contributed by atoms with Crippen LogP contribution in [0.2, 0.25) is 0 Å². The van der Waals surface area contributed by atoms with Crippen molar-refractivity contribution >= 4 is 17.7 Å². The number of hydrogen-bond acceptors (Lipinski definition) is 3. The molecule has 20 heavy (non-hydrogen) atoms. The maximum atomic E-state index is 11.6. The van der Waals surface area contributed by atoms with Gasteiger partial charge in [0.25, 0.3) is 0 Å². The summed E-state index contributed by atoms with van der Waals surface area (Å²) in [6, 6.07) is 11.5. The van der Waals surface area contributed by atoms with Crippen LogP contribution in [-0.4, -0.2) is 41.9 Å². The van der Waals surface area contributed by atoms with Gasteiger partial charge in [-0.05, 0) is 31.6 Å². The van der Waals surface area contributed by atoms with E-state index in [4.69, 9.17) is 0 Å². The average molecular weight is 292 g/mol. The molecule has 1 aliphatic heterocycles. The van der Waals surface area contributed by atoms with Gasteiger partial charge in [-0.15, -0.1) is 0 Å². The third kappa shape index (κ3) is 4.25. The van der Waals surface area contributed by atoms with Crippen molar-refractivity contribution < 1.29 is 4.79 Å². The predicted molar refractivity (Wildman–Crippen MR) is 86.0 cm³/mol. The zero-order valence-corrected chi connectivity index (χ0v) is 13.2. The molecule has 1 N–H and O–H groups in total. The number of amides is 1. The molecular weight excluding hydrogens is 268 g/mol. The van der Waals surface area contributed by atoms with Crippen LogP contribution in [0.25, 0.3) is 0 Å². The van der Waals surface area contributed by atoms with Crippen molar-refractivity contribution in [2.24, 2.45) is 0 Å². The molecule has 110 valence electrons. The Morgan fingerprint density at radius 2 is 2.00 bits per heavy atom. The normalized spacial score (nSPS) is 18.7. The Morgan fingerprint density at radius 3 is 2.60 bits per heavy atom. The summed E-state index contributed by atoms with van der Waals surface area (Å²) >= 11 is 1.58. The standard InChI is InChI=1S/C16H24N2OS/c1-13(14-6-4-3-5-7-14)18-10-8-15(9-11-18)17-16(19)12-20-2/h3-7,13,15H,8-12H2,1-2H3,(H,17,19)/t13-/m1/s1. The molecule has 0 aromatic heterocycles. The fourth-order valence-corrected chi connectivity index (χ4v) is 3.12. The van der Waals surface area contributed by atoms with Crippen LogP contribution in [0.4, 0.5) is 0 Å². The van der Waals surface area contributed by atoms with Gasteiger partial charge in [0, 0.05) is 25.2 Å². The monoisotopic (exact) mass is 292 g/mol. The molecule has 0 saturated carbocycles. The van der Waals surface area contributed by atoms with Crippen molar-refractivity contribution in [1.82, 2.24) is 10.2 Å². The van der Waals surface area contributed by atoms with Crippen LogP contribution in [0.5, 0.6) is 0 Å². The molecule has 0 bridgehead atoms. The number of rotatable bonds is 5. The van der Waals surface area contributed by atoms with Gasteiger partial charge in [0.2, 0.25) is 5.91 Å². The van der Waals surface area contributed by atoms with Crippen LogP contribution in [0, 0.1) is 0 Å². The smallest absolute Gasteiger partial charge is 0.230 e. The molecule has 0 unspecified atom stereocenters. The van der Waals surface area contributed by atoms with Crippen molar-refractivity contribution in [3.05, 3.63) is 35.9 Å². The maximum Gasteiger partial charge on any atom is 0.230 e. The van der Waals surface area contributed by atoms with E-state index in [1.165, 1.54) is 5.56 Å². The summed E-state index contributed by atoms with van der Waals surface area (Å²) in [6.07, 6.45) is 4.07. The molecule has 1 amide bonds. The van der Waals surface area contributed by atoms with E-state index in [1.54, 1.807) is 11.8 Å². The molecule has 1 aromatic carbocycles. The average Bonchev–Trinajstić information content (AvgIpc) is 2.48. The summed E-state index contributed by atoms with van der Waals surface area (Å²) in [5.41, 5.74) is 1.37. The number of nitrogens with zero attached hydrogens (tertiary/aromatic N) is 1. The number of thioether (sulfide) groups is 1. The zero-order valence-electron chi connectivity index (χ0n) is 12.3. The van der Waals surface area contributed by atoms with E-state index in [0.29, 0.717) is 17.8 Å². The van der Waals surface area contributed by atoms with Gasteiger partial charge in [0.05, 0.1) is 5.75 Å². The number of nitrogens with one attached hydrogen (secondary N) is 1. The molecule has 3 nitrogen and oxygen atoms in total. The minimum atomic E-state index is 0.173. The predicted octanol–water partition coefficient (Wildman–Crippen LogP) is 2.69. The quantitative estimate of drug-likeness (QED) is 0.905. The van der Waals surface area contributed by atoms with Crippen molar-refractivity contribution in [3.8, 4) is 0 Å². The third-order valence-corrected chi connectivity index (χ3v) is 4.55. The number of benzene rings is 1. The second kappa shape index (κ2) is 7.70. The summed E-state index contributed by atoms with van der Waals surface area (Å²) in [5.74, 6) is 0.743. The second-order valence-corrected chi connectivity index (χ2v) is 6.26. The Hall–Kier alpha value is -1.00. The van der Waals surface area contributed by atoms with Crippen LogP contribution in [0.15, 0.2) is 30.3 Å². The highest BCUT2D eigenvalue weighted by atomic mass is 32.2. The van der Waals surface area contributed by atoms with Gasteiger partial charge >= 0.3 is 0 Å². The van der Waals surface area contributed by atoms with Gasteiger partial charge in [-0.2, -0.15) is 11.8 Å². The topological polar surface area (TPSA) is 32.3 Å². The molecule has 2 rings (SSSR count). The minimum Gasteiger partial charge on any atom is -0.353 e. The molecule has 0 aliphatic carbocycles. The molecule has 1 saturated heterocycles. The molecule has 1 heterocycles. The summed E-state index contributed by atoms with van der Waals surface area (Å²) < 4.78 is 0. The van der Waals surface area contributed by atoms with E-state index >= 15 is 0 Å². The lowest BCUT2D eigenvalue weighted by Gasteiger charge is -2.36. The lowest BCUT2D eigenvalue weighted by Crippen LogP contribution is -2.45. The SMILES string of the molecule is CSCC(=O)NC1CCN([C@H](C)c2ccccc2)CC1. The molecule has 1 atom stereocenters. The number of carbonyl (C=O) groups is 1. The maximum absolute atomic E-state index is 11.6. The van der Waals surface area contributed by atoms with Crippen LogP contribution < -0.4 is 5.32 Å². The van der Waals surface area contributed by atoms with Crippen LogP contribution in [-0.2, 0) is 4.79 Å². The van der Waals surface area contributed by atoms with E-state index in [9.17, 15) is 4.79 Å². The molecular formula is C16H24N2OS. The first-order valence-corrected chi connectivity index (χ1v) is 8.67. The molecule has 4 heteroatoms. The minimum absolute atomic E-state index is 0.173. The van der Waals surface area contributed by atoms with E-state index in [1.807, 2.05) is 6.26 Å². The van der Waals surface area contributed by atoms with Crippen molar-refractivity contribution in [1.29, 1.82) is 0 Å². The molecule has 0 spiro atoms. The van der Waals surface area contributed by atoms with Crippen LogP contribution in [0.3, 0.4) is 0 Å². The highest BCUT2D eigenvalue weighted by Crippen LogP contribution is 2.23. The number of carbonyl (C=O) groups excluding carboxylic acids is 1.